The molecule has 0 saturated carbocycles. The van der Waals surface area contributed by atoms with Crippen LogP contribution >= 0.6 is 0 Å². The fourth-order valence-electron chi connectivity index (χ4n) is 2.08. The lowest BCUT2D eigenvalue weighted by Crippen LogP contribution is -2.44. The second-order valence-corrected chi connectivity index (χ2v) is 6.08. The Morgan fingerprint density at radius 3 is 3.05 bits per heavy atom. The zero-order chi connectivity index (χ0) is 13.8. The van der Waals surface area contributed by atoms with Crippen LogP contribution in [0.4, 0.5) is 10.1 Å². The Hall–Kier alpha value is -0.980. The molecule has 0 aliphatic carbocycles. The Labute approximate surface area is 115 Å². The zero-order valence-electron chi connectivity index (χ0n) is 11.0. The van der Waals surface area contributed by atoms with Gasteiger partial charge in [0.2, 0.25) is 0 Å². The van der Waals surface area contributed by atoms with Crippen molar-refractivity contribution < 1.29 is 13.3 Å². The van der Waals surface area contributed by atoms with Gasteiger partial charge in [-0.25, -0.2) is 4.39 Å². The summed E-state index contributed by atoms with van der Waals surface area (Å²) in [5.74, 6) is -0.134. The minimum absolute atomic E-state index is 0.0600. The second kappa shape index (κ2) is 6.45. The number of rotatable bonds is 4. The van der Waals surface area contributed by atoms with E-state index in [0.29, 0.717) is 17.3 Å². The highest BCUT2D eigenvalue weighted by atomic mass is 32.2. The molecule has 1 heterocycles. The molecule has 1 aliphatic heterocycles. The molecule has 1 aliphatic rings. The van der Waals surface area contributed by atoms with Crippen molar-refractivity contribution in [1.82, 2.24) is 4.90 Å². The lowest BCUT2D eigenvalue weighted by molar-refractivity contribution is -0.0141. The van der Waals surface area contributed by atoms with Gasteiger partial charge in [-0.15, -0.1) is 0 Å². The van der Waals surface area contributed by atoms with E-state index in [1.807, 2.05) is 0 Å². The smallest absolute Gasteiger partial charge is 0.147 e. The number of halogens is 1. The van der Waals surface area contributed by atoms with Gasteiger partial charge in [-0.1, -0.05) is 6.92 Å². The molecule has 4 nitrogen and oxygen atoms in total. The van der Waals surface area contributed by atoms with Crippen LogP contribution in [0.5, 0.6) is 0 Å². The average Bonchev–Trinajstić information content (AvgIpc) is 2.42. The van der Waals surface area contributed by atoms with Gasteiger partial charge < -0.3 is 10.5 Å². The van der Waals surface area contributed by atoms with Gasteiger partial charge >= 0.3 is 0 Å². The van der Waals surface area contributed by atoms with Crippen LogP contribution in [0.2, 0.25) is 0 Å². The van der Waals surface area contributed by atoms with Crippen LogP contribution in [0.15, 0.2) is 23.1 Å². The Kier molecular flexibility index (Phi) is 4.90. The van der Waals surface area contributed by atoms with Crippen LogP contribution in [0.25, 0.3) is 0 Å². The highest BCUT2D eigenvalue weighted by Crippen LogP contribution is 2.17. The summed E-state index contributed by atoms with van der Waals surface area (Å²) in [5.41, 5.74) is 5.48. The fourth-order valence-corrected chi connectivity index (χ4v) is 3.27. The SMILES string of the molecule is CCN1CCOC(CS(=O)c2ccc(N)c(F)c2)C1. The molecule has 0 aromatic heterocycles. The van der Waals surface area contributed by atoms with E-state index in [0.717, 1.165) is 19.6 Å². The maximum Gasteiger partial charge on any atom is 0.147 e. The predicted molar refractivity (Wildman–Crippen MR) is 73.9 cm³/mol. The second-order valence-electron chi connectivity index (χ2n) is 4.58. The van der Waals surface area contributed by atoms with Crippen molar-refractivity contribution in [2.24, 2.45) is 0 Å². The molecule has 1 saturated heterocycles. The lowest BCUT2D eigenvalue weighted by atomic mass is 10.3. The zero-order valence-corrected chi connectivity index (χ0v) is 11.8. The first kappa shape index (κ1) is 14.4. The highest BCUT2D eigenvalue weighted by Gasteiger charge is 2.22. The average molecular weight is 286 g/mol. The molecular weight excluding hydrogens is 267 g/mol. The third-order valence-electron chi connectivity index (χ3n) is 3.24. The van der Waals surface area contributed by atoms with E-state index in [-0.39, 0.29) is 11.8 Å². The van der Waals surface area contributed by atoms with Crippen LogP contribution in [0.1, 0.15) is 6.92 Å². The van der Waals surface area contributed by atoms with E-state index in [2.05, 4.69) is 11.8 Å². The number of nitrogens with two attached hydrogens (primary N) is 1. The number of hydrogen-bond donors (Lipinski definition) is 1. The molecule has 1 aromatic carbocycles. The number of nitrogen functional groups attached to an aromatic ring is 1. The summed E-state index contributed by atoms with van der Waals surface area (Å²) >= 11 is 0. The molecule has 106 valence electrons. The van der Waals surface area contributed by atoms with E-state index < -0.39 is 16.6 Å². The van der Waals surface area contributed by atoms with Gasteiger partial charge in [-0.3, -0.25) is 9.11 Å². The summed E-state index contributed by atoms with van der Waals surface area (Å²) in [7, 11) is -1.26. The van der Waals surface area contributed by atoms with Gasteiger partial charge in [-0.2, -0.15) is 0 Å². The van der Waals surface area contributed by atoms with Crippen LogP contribution in [-0.4, -0.2) is 47.2 Å². The van der Waals surface area contributed by atoms with Crippen molar-refractivity contribution in [3.05, 3.63) is 24.0 Å². The van der Waals surface area contributed by atoms with E-state index in [4.69, 9.17) is 10.5 Å². The Morgan fingerprint density at radius 1 is 1.58 bits per heavy atom. The maximum absolute atomic E-state index is 13.3. The predicted octanol–water partition coefficient (Wildman–Crippen LogP) is 1.24. The van der Waals surface area contributed by atoms with Gasteiger partial charge in [0.05, 0.1) is 35.0 Å². The highest BCUT2D eigenvalue weighted by molar-refractivity contribution is 7.85. The number of likely N-dealkylation sites (N-methyl/N-ethyl adjacent to an activating group) is 1. The fraction of sp³-hybridized carbons (Fsp3) is 0.538. The molecule has 2 N–H and O–H groups in total. The van der Waals surface area contributed by atoms with E-state index in [1.165, 1.54) is 12.1 Å². The minimum Gasteiger partial charge on any atom is -0.396 e. The number of anilines is 1. The van der Waals surface area contributed by atoms with Crippen molar-refractivity contribution in [2.45, 2.75) is 17.9 Å². The van der Waals surface area contributed by atoms with Crippen molar-refractivity contribution in [2.75, 3.05) is 37.7 Å². The number of ether oxygens (including phenoxy) is 1. The molecule has 0 radical (unpaired) electrons. The van der Waals surface area contributed by atoms with E-state index >= 15 is 0 Å². The van der Waals surface area contributed by atoms with E-state index in [1.54, 1.807) is 6.07 Å². The molecular formula is C13H19FN2O2S. The third kappa shape index (κ3) is 3.75. The molecule has 0 bridgehead atoms. The molecule has 19 heavy (non-hydrogen) atoms. The monoisotopic (exact) mass is 286 g/mol. The Bertz CT molecular complexity index is 470. The summed E-state index contributed by atoms with van der Waals surface area (Å²) in [5, 5.41) is 0. The largest absolute Gasteiger partial charge is 0.396 e. The summed E-state index contributed by atoms with van der Waals surface area (Å²) in [6.45, 7) is 5.40. The number of benzene rings is 1. The topological polar surface area (TPSA) is 55.6 Å². The molecule has 1 aromatic rings. The van der Waals surface area contributed by atoms with Gasteiger partial charge in [0.25, 0.3) is 0 Å². The van der Waals surface area contributed by atoms with Crippen LogP contribution in [0.3, 0.4) is 0 Å². The van der Waals surface area contributed by atoms with Gasteiger partial charge in [0, 0.05) is 18.0 Å². The van der Waals surface area contributed by atoms with Crippen molar-refractivity contribution in [3.8, 4) is 0 Å². The third-order valence-corrected chi connectivity index (χ3v) is 4.70. The summed E-state index contributed by atoms with van der Waals surface area (Å²) < 4.78 is 31.1. The summed E-state index contributed by atoms with van der Waals surface area (Å²) in [4.78, 5) is 2.72. The quantitative estimate of drug-likeness (QED) is 0.846. The summed E-state index contributed by atoms with van der Waals surface area (Å²) in [6.07, 6.45) is -0.0600. The van der Waals surface area contributed by atoms with Crippen molar-refractivity contribution >= 4 is 16.5 Å². The molecule has 6 heteroatoms. The van der Waals surface area contributed by atoms with Crippen molar-refractivity contribution in [1.29, 1.82) is 0 Å². The standard InChI is InChI=1S/C13H19FN2O2S/c1-2-16-5-6-18-10(8-16)9-19(17)11-3-4-13(15)12(14)7-11/h3-4,7,10H,2,5-6,8-9,15H2,1H3. The Morgan fingerprint density at radius 2 is 2.37 bits per heavy atom. The molecule has 0 amide bonds. The maximum atomic E-state index is 13.3. The van der Waals surface area contributed by atoms with Crippen LogP contribution in [-0.2, 0) is 15.5 Å². The number of morpholine rings is 1. The molecule has 1 fully saturated rings. The molecule has 2 rings (SSSR count). The number of hydrogen-bond acceptors (Lipinski definition) is 4. The first-order valence-corrected chi connectivity index (χ1v) is 7.69. The lowest BCUT2D eigenvalue weighted by Gasteiger charge is -2.31. The first-order valence-electron chi connectivity index (χ1n) is 6.37. The summed E-state index contributed by atoms with van der Waals surface area (Å²) in [6, 6.07) is 4.30. The van der Waals surface area contributed by atoms with Gasteiger partial charge in [-0.05, 0) is 24.7 Å². The van der Waals surface area contributed by atoms with Crippen LogP contribution in [0, 0.1) is 5.82 Å². The molecule has 2 unspecified atom stereocenters. The van der Waals surface area contributed by atoms with Gasteiger partial charge in [0.1, 0.15) is 5.82 Å². The minimum atomic E-state index is -1.26. The molecule has 2 atom stereocenters. The van der Waals surface area contributed by atoms with Crippen molar-refractivity contribution in [3.63, 3.8) is 0 Å². The molecule has 0 spiro atoms. The van der Waals surface area contributed by atoms with Gasteiger partial charge in [0.15, 0.2) is 0 Å². The van der Waals surface area contributed by atoms with Crippen LogP contribution < -0.4 is 5.73 Å². The first-order chi connectivity index (χ1) is 9.10. The van der Waals surface area contributed by atoms with E-state index in [9.17, 15) is 8.60 Å². The Balaban J connectivity index is 1.98. The number of nitrogens with zero attached hydrogens (tertiary/aromatic N) is 1. The normalized spacial score (nSPS) is 22.3.